The van der Waals surface area contributed by atoms with Crippen LogP contribution in [0.4, 0.5) is 28.4 Å². The second kappa shape index (κ2) is 9.08. The quantitative estimate of drug-likeness (QED) is 0.557. The molecule has 31 heavy (non-hydrogen) atoms. The van der Waals surface area contributed by atoms with Gasteiger partial charge in [-0.3, -0.25) is 4.72 Å². The number of likely N-dealkylation sites (N-methyl/N-ethyl adjacent to an activating group) is 1. The van der Waals surface area contributed by atoms with E-state index in [2.05, 4.69) is 15.0 Å². The van der Waals surface area contributed by atoms with E-state index in [0.717, 1.165) is 23.5 Å². The third-order valence-corrected chi connectivity index (χ3v) is 7.73. The Labute approximate surface area is 186 Å². The average molecular weight is 501 g/mol. The van der Waals surface area contributed by atoms with Gasteiger partial charge in [-0.15, -0.1) is 11.3 Å². The van der Waals surface area contributed by atoms with Crippen molar-refractivity contribution in [3.05, 3.63) is 34.5 Å². The van der Waals surface area contributed by atoms with Gasteiger partial charge in [0.25, 0.3) is 10.0 Å². The summed E-state index contributed by atoms with van der Waals surface area (Å²) in [5, 5.41) is 4.59. The molecule has 3 rings (SSSR count). The second-order valence-electron chi connectivity index (χ2n) is 7.54. The third-order valence-electron chi connectivity index (χ3n) is 5.25. The maximum atomic E-state index is 14.7. The Morgan fingerprint density at radius 2 is 1.97 bits per heavy atom. The predicted molar refractivity (Wildman–Crippen MR) is 113 cm³/mol. The highest BCUT2D eigenvalue weighted by atomic mass is 35.5. The SMILES string of the molecule is CN(C)[C@@H]1C[C@@H](C(F)(F)F)CC[C@H]1Nc1cc(F)c(S(=O)(=O)Nc2nccs2)cc1Cl. The topological polar surface area (TPSA) is 74.3 Å². The molecule has 0 unspecified atom stereocenters. The highest BCUT2D eigenvalue weighted by Gasteiger charge is 2.45. The van der Waals surface area contributed by atoms with Crippen LogP contribution in [-0.2, 0) is 10.0 Å². The number of benzene rings is 1. The van der Waals surface area contributed by atoms with Gasteiger partial charge in [0, 0.05) is 23.7 Å². The lowest BCUT2D eigenvalue weighted by atomic mass is 9.81. The van der Waals surface area contributed by atoms with Gasteiger partial charge in [0.15, 0.2) is 5.13 Å². The molecule has 1 saturated carbocycles. The lowest BCUT2D eigenvalue weighted by Crippen LogP contribution is -2.49. The number of sulfonamides is 1. The molecule has 1 heterocycles. The summed E-state index contributed by atoms with van der Waals surface area (Å²) in [6.07, 6.45) is -2.83. The summed E-state index contributed by atoms with van der Waals surface area (Å²) in [5.74, 6) is -2.45. The highest BCUT2D eigenvalue weighted by Crippen LogP contribution is 2.40. The smallest absolute Gasteiger partial charge is 0.379 e. The van der Waals surface area contributed by atoms with Crippen molar-refractivity contribution in [2.45, 2.75) is 42.4 Å². The molecule has 2 N–H and O–H groups in total. The zero-order chi connectivity index (χ0) is 23.0. The van der Waals surface area contributed by atoms with Gasteiger partial charge in [0.2, 0.25) is 0 Å². The van der Waals surface area contributed by atoms with Gasteiger partial charge in [-0.1, -0.05) is 11.6 Å². The van der Waals surface area contributed by atoms with Crippen LogP contribution in [0.5, 0.6) is 0 Å². The summed E-state index contributed by atoms with van der Waals surface area (Å²) >= 11 is 7.24. The number of alkyl halides is 3. The van der Waals surface area contributed by atoms with Crippen molar-refractivity contribution in [1.82, 2.24) is 9.88 Å². The molecule has 6 nitrogen and oxygen atoms in total. The van der Waals surface area contributed by atoms with E-state index < -0.39 is 44.9 Å². The van der Waals surface area contributed by atoms with Gasteiger partial charge in [-0.2, -0.15) is 13.2 Å². The Morgan fingerprint density at radius 1 is 1.26 bits per heavy atom. The molecular formula is C18H21ClF4N4O2S2. The Hall–Kier alpha value is -1.63. The molecule has 13 heteroatoms. The van der Waals surface area contributed by atoms with Crippen molar-refractivity contribution in [2.75, 3.05) is 24.1 Å². The van der Waals surface area contributed by atoms with Crippen LogP contribution in [0, 0.1) is 11.7 Å². The van der Waals surface area contributed by atoms with Crippen LogP contribution in [0.1, 0.15) is 19.3 Å². The van der Waals surface area contributed by atoms with Gasteiger partial charge in [-0.25, -0.2) is 17.8 Å². The van der Waals surface area contributed by atoms with Crippen molar-refractivity contribution in [2.24, 2.45) is 5.92 Å². The monoisotopic (exact) mass is 500 g/mol. The zero-order valence-corrected chi connectivity index (χ0v) is 19.0. The summed E-state index contributed by atoms with van der Waals surface area (Å²) in [6, 6.07) is 1.04. The molecule has 0 amide bonds. The first-order valence-electron chi connectivity index (χ1n) is 9.29. The van der Waals surface area contributed by atoms with Crippen LogP contribution < -0.4 is 10.0 Å². The molecule has 0 radical (unpaired) electrons. The number of hydrogen-bond acceptors (Lipinski definition) is 6. The number of anilines is 2. The minimum atomic E-state index is -4.27. The molecule has 0 spiro atoms. The Kier molecular flexibility index (Phi) is 7.04. The average Bonchev–Trinajstić information content (AvgIpc) is 3.15. The molecule has 1 aliphatic carbocycles. The van der Waals surface area contributed by atoms with Gasteiger partial charge in [-0.05, 0) is 45.5 Å². The number of aromatic nitrogens is 1. The van der Waals surface area contributed by atoms with E-state index in [9.17, 15) is 26.0 Å². The molecule has 172 valence electrons. The molecule has 0 aliphatic heterocycles. The van der Waals surface area contributed by atoms with Crippen LogP contribution >= 0.6 is 22.9 Å². The maximum Gasteiger partial charge on any atom is 0.391 e. The summed E-state index contributed by atoms with van der Waals surface area (Å²) < 4.78 is 81.3. The lowest BCUT2D eigenvalue weighted by Gasteiger charge is -2.41. The number of rotatable bonds is 6. The molecule has 1 aliphatic rings. The first kappa shape index (κ1) is 24.0. The summed E-state index contributed by atoms with van der Waals surface area (Å²) in [5.41, 5.74) is 0.120. The molecule has 3 atom stereocenters. The fourth-order valence-corrected chi connectivity index (χ4v) is 5.83. The first-order chi connectivity index (χ1) is 14.4. The van der Waals surface area contributed by atoms with E-state index in [4.69, 9.17) is 11.6 Å². The van der Waals surface area contributed by atoms with E-state index in [-0.39, 0.29) is 35.1 Å². The first-order valence-corrected chi connectivity index (χ1v) is 12.0. The normalized spacial score (nSPS) is 22.5. The lowest BCUT2D eigenvalue weighted by molar-refractivity contribution is -0.186. The van der Waals surface area contributed by atoms with Crippen molar-refractivity contribution in [3.8, 4) is 0 Å². The van der Waals surface area contributed by atoms with Crippen molar-refractivity contribution >= 4 is 43.8 Å². The predicted octanol–water partition coefficient (Wildman–Crippen LogP) is 4.81. The van der Waals surface area contributed by atoms with Gasteiger partial charge < -0.3 is 10.2 Å². The Bertz CT molecular complexity index is 1020. The Balaban J connectivity index is 1.82. The summed E-state index contributed by atoms with van der Waals surface area (Å²) in [4.78, 5) is 4.84. The van der Waals surface area contributed by atoms with Crippen LogP contribution in [0.25, 0.3) is 0 Å². The van der Waals surface area contributed by atoms with Crippen LogP contribution in [0.3, 0.4) is 0 Å². The zero-order valence-electron chi connectivity index (χ0n) is 16.6. The van der Waals surface area contributed by atoms with Crippen LogP contribution in [0.15, 0.2) is 28.6 Å². The molecule has 1 aromatic heterocycles. The third kappa shape index (κ3) is 5.60. The fraction of sp³-hybridized carbons (Fsp3) is 0.500. The number of nitrogens with zero attached hydrogens (tertiary/aromatic N) is 2. The molecular weight excluding hydrogens is 480 g/mol. The van der Waals surface area contributed by atoms with Crippen molar-refractivity contribution < 1.29 is 26.0 Å². The molecule has 0 bridgehead atoms. The van der Waals surface area contributed by atoms with Gasteiger partial charge in [0.1, 0.15) is 10.7 Å². The minimum Gasteiger partial charge on any atom is -0.379 e. The van der Waals surface area contributed by atoms with Gasteiger partial charge in [0.05, 0.1) is 16.6 Å². The molecule has 1 aromatic carbocycles. The second-order valence-corrected chi connectivity index (χ2v) is 10.5. The fourth-order valence-electron chi connectivity index (χ4n) is 3.67. The van der Waals surface area contributed by atoms with Crippen molar-refractivity contribution in [3.63, 3.8) is 0 Å². The number of nitrogens with one attached hydrogen (secondary N) is 2. The number of thiazole rings is 1. The van der Waals surface area contributed by atoms with E-state index in [0.29, 0.717) is 0 Å². The Morgan fingerprint density at radius 3 is 2.55 bits per heavy atom. The van der Waals surface area contributed by atoms with Crippen molar-refractivity contribution in [1.29, 1.82) is 0 Å². The van der Waals surface area contributed by atoms with E-state index in [1.807, 2.05) is 0 Å². The van der Waals surface area contributed by atoms with Gasteiger partial charge >= 0.3 is 6.18 Å². The minimum absolute atomic E-state index is 0.0589. The van der Waals surface area contributed by atoms with Crippen LogP contribution in [-0.4, -0.2) is 50.7 Å². The molecule has 0 saturated heterocycles. The number of halogens is 5. The standard InChI is InChI=1S/C18H21ClF4N4O2S2/c1-27(2)15-7-10(18(21,22)23)3-4-13(15)25-14-9-12(20)16(8-11(14)19)31(28,29)26-17-24-5-6-30-17/h5-6,8-10,13,15,25H,3-4,7H2,1-2H3,(H,24,26)/t10-,13+,15+/m0/s1. The van der Waals surface area contributed by atoms with E-state index >= 15 is 0 Å². The summed E-state index contributed by atoms with van der Waals surface area (Å²) in [6.45, 7) is 0. The molecule has 1 fully saturated rings. The maximum absolute atomic E-state index is 14.7. The largest absolute Gasteiger partial charge is 0.391 e. The van der Waals surface area contributed by atoms with Crippen LogP contribution in [0.2, 0.25) is 5.02 Å². The number of hydrogen-bond donors (Lipinski definition) is 2. The summed E-state index contributed by atoms with van der Waals surface area (Å²) in [7, 11) is -0.895. The molecule has 2 aromatic rings. The highest BCUT2D eigenvalue weighted by molar-refractivity contribution is 7.93. The van der Waals surface area contributed by atoms with E-state index in [1.165, 1.54) is 6.20 Å². The van der Waals surface area contributed by atoms with E-state index in [1.54, 1.807) is 24.4 Å².